The summed E-state index contributed by atoms with van der Waals surface area (Å²) < 4.78 is 38.3. The number of pyridine rings is 1. The highest BCUT2D eigenvalue weighted by Gasteiger charge is 2.32. The van der Waals surface area contributed by atoms with Crippen LogP contribution in [-0.2, 0) is 17.4 Å². The second-order valence-corrected chi connectivity index (χ2v) is 8.11. The number of anilines is 1. The molecule has 3 aromatic rings. The van der Waals surface area contributed by atoms with Gasteiger partial charge in [0.2, 0.25) is 5.91 Å². The van der Waals surface area contributed by atoms with E-state index in [9.17, 15) is 18.0 Å². The Hall–Kier alpha value is -3.06. The van der Waals surface area contributed by atoms with E-state index in [0.29, 0.717) is 30.0 Å². The number of hydrogen-bond acceptors (Lipinski definition) is 3. The van der Waals surface area contributed by atoms with Gasteiger partial charge in [0.25, 0.3) is 0 Å². The second-order valence-electron chi connectivity index (χ2n) is 7.71. The van der Waals surface area contributed by atoms with Crippen LogP contribution in [0.2, 0.25) is 5.02 Å². The van der Waals surface area contributed by atoms with Gasteiger partial charge in [-0.3, -0.25) is 9.78 Å². The number of benzene rings is 2. The lowest BCUT2D eigenvalue weighted by Crippen LogP contribution is -2.40. The van der Waals surface area contributed by atoms with Gasteiger partial charge in [-0.1, -0.05) is 54.1 Å². The van der Waals surface area contributed by atoms with Gasteiger partial charge in [0.1, 0.15) is 11.7 Å². The van der Waals surface area contributed by atoms with E-state index in [1.54, 1.807) is 7.05 Å². The predicted octanol–water partition coefficient (Wildman–Crippen LogP) is 5.99. The van der Waals surface area contributed by atoms with Crippen molar-refractivity contribution in [2.45, 2.75) is 32.0 Å². The maximum absolute atomic E-state index is 12.9. The van der Waals surface area contributed by atoms with Gasteiger partial charge in [0, 0.05) is 30.5 Å². The zero-order valence-electron chi connectivity index (χ0n) is 18.4. The van der Waals surface area contributed by atoms with Gasteiger partial charge in [-0.25, -0.2) is 0 Å². The molecule has 1 N–H and O–H groups in total. The highest BCUT2D eigenvalue weighted by atomic mass is 35.5. The molecule has 8 heteroatoms. The van der Waals surface area contributed by atoms with Crippen LogP contribution in [0.5, 0.6) is 0 Å². The fraction of sp³-hybridized carbons (Fsp3) is 0.280. The second kappa shape index (κ2) is 10.7. The molecule has 174 valence electrons. The summed E-state index contributed by atoms with van der Waals surface area (Å²) in [7, 11) is 1.59. The molecule has 1 heterocycles. The van der Waals surface area contributed by atoms with Crippen molar-refractivity contribution in [2.24, 2.45) is 0 Å². The molecule has 4 nitrogen and oxygen atoms in total. The van der Waals surface area contributed by atoms with Gasteiger partial charge >= 0.3 is 6.18 Å². The average molecular weight is 476 g/mol. The normalized spacial score (nSPS) is 12.3. The van der Waals surface area contributed by atoms with Crippen LogP contribution < -0.4 is 10.2 Å². The number of halogens is 4. The number of hydrogen-bond donors (Lipinski definition) is 1. The number of amides is 1. The fourth-order valence-electron chi connectivity index (χ4n) is 3.61. The van der Waals surface area contributed by atoms with Crippen LogP contribution in [0, 0.1) is 6.92 Å². The highest BCUT2D eigenvalue weighted by Crippen LogP contribution is 2.31. The Balaban J connectivity index is 1.87. The zero-order valence-corrected chi connectivity index (χ0v) is 19.1. The lowest BCUT2D eigenvalue weighted by molar-refractivity contribution is -0.141. The molecule has 33 heavy (non-hydrogen) atoms. The highest BCUT2D eigenvalue weighted by molar-refractivity contribution is 6.31. The van der Waals surface area contributed by atoms with Crippen LogP contribution in [0.1, 0.15) is 34.8 Å². The van der Waals surface area contributed by atoms with Crippen LogP contribution in [0.4, 0.5) is 18.9 Å². The van der Waals surface area contributed by atoms with E-state index < -0.39 is 17.9 Å². The Labute approximate surface area is 196 Å². The molecule has 0 spiro atoms. The third-order valence-electron chi connectivity index (χ3n) is 5.39. The van der Waals surface area contributed by atoms with Crippen molar-refractivity contribution < 1.29 is 18.0 Å². The van der Waals surface area contributed by atoms with Gasteiger partial charge in [-0.2, -0.15) is 13.2 Å². The predicted molar refractivity (Wildman–Crippen MR) is 124 cm³/mol. The molecular formula is C25H25ClF3N3O. The fourth-order valence-corrected chi connectivity index (χ4v) is 3.78. The van der Waals surface area contributed by atoms with Gasteiger partial charge < -0.3 is 10.2 Å². The number of carbonyl (C=O) groups excluding carboxylic acids is 1. The molecule has 1 aromatic heterocycles. The molecule has 0 unspecified atom stereocenters. The largest absolute Gasteiger partial charge is 0.433 e. The van der Waals surface area contributed by atoms with Crippen molar-refractivity contribution in [3.05, 3.63) is 94.3 Å². The van der Waals surface area contributed by atoms with Crippen molar-refractivity contribution in [1.29, 1.82) is 0 Å². The number of nitrogens with zero attached hydrogens (tertiary/aromatic N) is 2. The molecular weight excluding hydrogens is 451 g/mol. The van der Waals surface area contributed by atoms with Crippen LogP contribution >= 0.6 is 11.6 Å². The topological polar surface area (TPSA) is 45.2 Å². The third-order valence-corrected chi connectivity index (χ3v) is 5.80. The summed E-state index contributed by atoms with van der Waals surface area (Å²) in [5, 5.41) is 3.33. The molecule has 0 aliphatic carbocycles. The molecule has 0 saturated carbocycles. The smallest absolute Gasteiger partial charge is 0.357 e. The van der Waals surface area contributed by atoms with Crippen molar-refractivity contribution in [2.75, 3.05) is 18.5 Å². The van der Waals surface area contributed by atoms with Crippen molar-refractivity contribution >= 4 is 23.2 Å². The molecule has 3 rings (SSSR count). The van der Waals surface area contributed by atoms with E-state index in [2.05, 4.69) is 10.3 Å². The summed E-state index contributed by atoms with van der Waals surface area (Å²) in [5.74, 6) is -0.172. The summed E-state index contributed by atoms with van der Waals surface area (Å²) in [5.41, 5.74) is 2.32. The standard InChI is InChI=1S/C25H25ClF3N3O/c1-17-10-12-20(15-21(17)26)32(23(24(33)30-2)19-8-4-3-5-9-19)14-6-7-18-11-13-22(31-16-18)25(27,28)29/h3-5,8-13,15-16,23H,6-7,14H2,1-2H3,(H,30,33)/t23-/m0/s1. The number of rotatable bonds is 8. The Kier molecular flexibility index (Phi) is 7.97. The maximum atomic E-state index is 12.9. The molecule has 2 aromatic carbocycles. The van der Waals surface area contributed by atoms with E-state index >= 15 is 0 Å². The van der Waals surface area contributed by atoms with Gasteiger partial charge in [0.15, 0.2) is 0 Å². The van der Waals surface area contributed by atoms with E-state index in [0.717, 1.165) is 22.9 Å². The van der Waals surface area contributed by atoms with Crippen LogP contribution in [0.15, 0.2) is 66.9 Å². The Morgan fingerprint density at radius 1 is 1.12 bits per heavy atom. The number of alkyl halides is 3. The van der Waals surface area contributed by atoms with Crippen LogP contribution in [0.3, 0.4) is 0 Å². The number of aryl methyl sites for hydroxylation is 2. The van der Waals surface area contributed by atoms with E-state index in [1.807, 2.05) is 60.4 Å². The van der Waals surface area contributed by atoms with E-state index in [4.69, 9.17) is 11.6 Å². The third kappa shape index (κ3) is 6.26. The summed E-state index contributed by atoms with van der Waals surface area (Å²) in [6, 6.07) is 16.9. The van der Waals surface area contributed by atoms with Crippen molar-refractivity contribution in [3.63, 3.8) is 0 Å². The van der Waals surface area contributed by atoms with Gasteiger partial charge in [-0.15, -0.1) is 0 Å². The molecule has 0 fully saturated rings. The van der Waals surface area contributed by atoms with Gasteiger partial charge in [0.05, 0.1) is 0 Å². The van der Waals surface area contributed by atoms with E-state index in [1.165, 1.54) is 12.3 Å². The number of carbonyl (C=O) groups is 1. The Morgan fingerprint density at radius 3 is 2.42 bits per heavy atom. The Morgan fingerprint density at radius 2 is 1.85 bits per heavy atom. The first-order valence-electron chi connectivity index (χ1n) is 10.5. The average Bonchev–Trinajstić information content (AvgIpc) is 2.80. The molecule has 0 aliphatic rings. The molecule has 0 radical (unpaired) electrons. The molecule has 0 aliphatic heterocycles. The minimum atomic E-state index is -4.46. The summed E-state index contributed by atoms with van der Waals surface area (Å²) in [4.78, 5) is 18.4. The lowest BCUT2D eigenvalue weighted by Gasteiger charge is -2.33. The number of likely N-dealkylation sites (N-methyl/N-ethyl adjacent to an activating group) is 1. The SMILES string of the molecule is CNC(=O)[C@H](c1ccccc1)N(CCCc1ccc(C(F)(F)F)nc1)c1ccc(C)c(Cl)c1. The summed E-state index contributed by atoms with van der Waals surface area (Å²) in [6.07, 6.45) is -2.10. The maximum Gasteiger partial charge on any atom is 0.433 e. The zero-order chi connectivity index (χ0) is 24.0. The lowest BCUT2D eigenvalue weighted by atomic mass is 10.0. The Bertz CT molecular complexity index is 1070. The molecule has 0 bridgehead atoms. The summed E-state index contributed by atoms with van der Waals surface area (Å²) in [6.45, 7) is 2.38. The molecule has 1 atom stereocenters. The van der Waals surface area contributed by atoms with Crippen LogP contribution in [0.25, 0.3) is 0 Å². The number of aromatic nitrogens is 1. The van der Waals surface area contributed by atoms with Crippen LogP contribution in [-0.4, -0.2) is 24.5 Å². The monoisotopic (exact) mass is 475 g/mol. The van der Waals surface area contributed by atoms with Crippen molar-refractivity contribution in [3.8, 4) is 0 Å². The first-order valence-corrected chi connectivity index (χ1v) is 10.9. The van der Waals surface area contributed by atoms with Crippen molar-refractivity contribution in [1.82, 2.24) is 10.3 Å². The first-order chi connectivity index (χ1) is 15.7. The minimum absolute atomic E-state index is 0.172. The quantitative estimate of drug-likeness (QED) is 0.435. The number of nitrogens with one attached hydrogen (secondary N) is 1. The molecule has 0 saturated heterocycles. The van der Waals surface area contributed by atoms with E-state index in [-0.39, 0.29) is 5.91 Å². The first kappa shape index (κ1) is 24.6. The van der Waals surface area contributed by atoms with Gasteiger partial charge in [-0.05, 0) is 54.7 Å². The molecule has 1 amide bonds. The minimum Gasteiger partial charge on any atom is -0.357 e. The summed E-state index contributed by atoms with van der Waals surface area (Å²) >= 11 is 6.38.